The molecule has 1 amide bonds. The molecule has 0 atom stereocenters. The molecule has 1 aromatic carbocycles. The van der Waals surface area contributed by atoms with Crippen molar-refractivity contribution in [1.29, 1.82) is 0 Å². The molecular formula is C17H24N4O2S. The Morgan fingerprint density at radius 3 is 2.83 bits per heavy atom. The van der Waals surface area contributed by atoms with E-state index < -0.39 is 0 Å². The average molecular weight is 348 g/mol. The number of benzene rings is 1. The highest BCUT2D eigenvalue weighted by Gasteiger charge is 2.19. The molecule has 7 heteroatoms. The number of carbonyl (C=O) groups excluding carboxylic acids is 1. The van der Waals surface area contributed by atoms with Crippen LogP contribution in [0.25, 0.3) is 10.2 Å². The van der Waals surface area contributed by atoms with E-state index >= 15 is 0 Å². The van der Waals surface area contributed by atoms with E-state index in [4.69, 9.17) is 9.72 Å². The van der Waals surface area contributed by atoms with Crippen molar-refractivity contribution in [3.05, 3.63) is 18.2 Å². The van der Waals surface area contributed by atoms with E-state index in [2.05, 4.69) is 15.1 Å². The molecule has 0 unspecified atom stereocenters. The van der Waals surface area contributed by atoms with Crippen molar-refractivity contribution in [2.24, 2.45) is 0 Å². The average Bonchev–Trinajstić information content (AvgIpc) is 3.05. The summed E-state index contributed by atoms with van der Waals surface area (Å²) >= 11 is 1.72. The topological polar surface area (TPSA) is 57.7 Å². The third-order valence-corrected chi connectivity index (χ3v) is 5.38. The van der Waals surface area contributed by atoms with Crippen LogP contribution >= 0.6 is 11.3 Å². The quantitative estimate of drug-likeness (QED) is 0.865. The van der Waals surface area contributed by atoms with Crippen LogP contribution in [0, 0.1) is 0 Å². The van der Waals surface area contributed by atoms with Crippen molar-refractivity contribution in [2.45, 2.75) is 13.3 Å². The second-order valence-electron chi connectivity index (χ2n) is 5.86. The van der Waals surface area contributed by atoms with E-state index in [-0.39, 0.29) is 5.91 Å². The van der Waals surface area contributed by atoms with Crippen LogP contribution in [0.3, 0.4) is 0 Å². The standard InChI is InChI=1S/C17H24N4O2S/c1-3-16(22)18-6-7-20-8-10-21(11-9-20)17-19-14-5-4-13(23-2)12-15(14)24-17/h4-5,12H,3,6-11H2,1-2H3,(H,18,22). The Bertz CT molecular complexity index is 695. The molecule has 3 rings (SSSR count). The van der Waals surface area contributed by atoms with Gasteiger partial charge in [0.05, 0.1) is 17.3 Å². The molecule has 130 valence electrons. The molecule has 6 nitrogen and oxygen atoms in total. The molecule has 0 saturated carbocycles. The molecule has 2 aromatic rings. The summed E-state index contributed by atoms with van der Waals surface area (Å²) in [5.41, 5.74) is 1.03. The Kier molecular flexibility index (Phi) is 5.52. The van der Waals surface area contributed by atoms with Crippen molar-refractivity contribution < 1.29 is 9.53 Å². The molecule has 0 radical (unpaired) electrons. The highest BCUT2D eigenvalue weighted by atomic mass is 32.1. The molecule has 0 aliphatic carbocycles. The van der Waals surface area contributed by atoms with Crippen molar-refractivity contribution >= 4 is 32.6 Å². The zero-order chi connectivity index (χ0) is 16.9. The zero-order valence-corrected chi connectivity index (χ0v) is 15.1. The SMILES string of the molecule is CCC(=O)NCCN1CCN(c2nc3ccc(OC)cc3s2)CC1. The monoisotopic (exact) mass is 348 g/mol. The van der Waals surface area contributed by atoms with Gasteiger partial charge in [0, 0.05) is 45.7 Å². The fourth-order valence-electron chi connectivity index (χ4n) is 2.80. The van der Waals surface area contributed by atoms with Gasteiger partial charge < -0.3 is 15.0 Å². The molecule has 1 saturated heterocycles. The van der Waals surface area contributed by atoms with Crippen LogP contribution in [-0.4, -0.2) is 62.2 Å². The number of hydrogen-bond acceptors (Lipinski definition) is 6. The Labute approximate surface area is 146 Å². The predicted molar refractivity (Wildman–Crippen MR) is 98.1 cm³/mol. The summed E-state index contributed by atoms with van der Waals surface area (Å²) in [6.07, 6.45) is 0.552. The second-order valence-corrected chi connectivity index (χ2v) is 6.87. The maximum Gasteiger partial charge on any atom is 0.219 e. The maximum absolute atomic E-state index is 11.3. The largest absolute Gasteiger partial charge is 0.497 e. The van der Waals surface area contributed by atoms with Gasteiger partial charge in [0.1, 0.15) is 5.75 Å². The van der Waals surface area contributed by atoms with Crippen LogP contribution in [0.15, 0.2) is 18.2 Å². The molecule has 0 bridgehead atoms. The summed E-state index contributed by atoms with van der Waals surface area (Å²) in [5, 5.41) is 4.02. The van der Waals surface area contributed by atoms with Gasteiger partial charge in [-0.05, 0) is 18.2 Å². The van der Waals surface area contributed by atoms with Crippen molar-refractivity contribution in [2.75, 3.05) is 51.3 Å². The summed E-state index contributed by atoms with van der Waals surface area (Å²) in [6, 6.07) is 6.01. The number of nitrogens with zero attached hydrogens (tertiary/aromatic N) is 3. The van der Waals surface area contributed by atoms with E-state index in [1.165, 1.54) is 0 Å². The molecule has 1 aliphatic heterocycles. The highest BCUT2D eigenvalue weighted by Crippen LogP contribution is 2.31. The molecular weight excluding hydrogens is 324 g/mol. The first kappa shape index (κ1) is 17.0. The van der Waals surface area contributed by atoms with Crippen molar-refractivity contribution in [3.63, 3.8) is 0 Å². The summed E-state index contributed by atoms with van der Waals surface area (Å²) in [7, 11) is 1.69. The predicted octanol–water partition coefficient (Wildman–Crippen LogP) is 1.95. The molecule has 1 aliphatic rings. The van der Waals surface area contributed by atoms with Crippen molar-refractivity contribution in [1.82, 2.24) is 15.2 Å². The van der Waals surface area contributed by atoms with Crippen LogP contribution in [0.2, 0.25) is 0 Å². The van der Waals surface area contributed by atoms with Gasteiger partial charge in [-0.2, -0.15) is 0 Å². The number of ether oxygens (including phenoxy) is 1. The second kappa shape index (κ2) is 7.81. The summed E-state index contributed by atoms with van der Waals surface area (Å²) < 4.78 is 6.44. The summed E-state index contributed by atoms with van der Waals surface area (Å²) in [6.45, 7) is 7.46. The van der Waals surface area contributed by atoms with Crippen LogP contribution in [0.1, 0.15) is 13.3 Å². The zero-order valence-electron chi connectivity index (χ0n) is 14.2. The Balaban J connectivity index is 1.54. The van der Waals surface area contributed by atoms with E-state index in [9.17, 15) is 4.79 Å². The minimum absolute atomic E-state index is 0.124. The molecule has 2 heterocycles. The summed E-state index contributed by atoms with van der Waals surface area (Å²) in [4.78, 5) is 20.8. The Morgan fingerprint density at radius 2 is 2.12 bits per heavy atom. The van der Waals surface area contributed by atoms with Crippen molar-refractivity contribution in [3.8, 4) is 5.75 Å². The number of rotatable bonds is 6. The van der Waals surface area contributed by atoms with E-state index in [0.29, 0.717) is 6.42 Å². The van der Waals surface area contributed by atoms with Gasteiger partial charge in [-0.25, -0.2) is 4.98 Å². The van der Waals surface area contributed by atoms with Gasteiger partial charge in [-0.15, -0.1) is 0 Å². The van der Waals surface area contributed by atoms with Gasteiger partial charge in [-0.1, -0.05) is 18.3 Å². The molecule has 24 heavy (non-hydrogen) atoms. The van der Waals surface area contributed by atoms with Crippen LogP contribution in [-0.2, 0) is 4.79 Å². The van der Waals surface area contributed by atoms with Gasteiger partial charge in [0.25, 0.3) is 0 Å². The van der Waals surface area contributed by atoms with E-state index in [1.807, 2.05) is 25.1 Å². The lowest BCUT2D eigenvalue weighted by molar-refractivity contribution is -0.120. The molecule has 0 spiro atoms. The fraction of sp³-hybridized carbons (Fsp3) is 0.529. The lowest BCUT2D eigenvalue weighted by Gasteiger charge is -2.34. The van der Waals surface area contributed by atoms with E-state index in [1.54, 1.807) is 18.4 Å². The number of fused-ring (bicyclic) bond motifs is 1. The number of anilines is 1. The van der Waals surface area contributed by atoms with Gasteiger partial charge >= 0.3 is 0 Å². The lowest BCUT2D eigenvalue weighted by Crippen LogP contribution is -2.48. The van der Waals surface area contributed by atoms with Gasteiger partial charge in [0.2, 0.25) is 5.91 Å². The Morgan fingerprint density at radius 1 is 1.33 bits per heavy atom. The van der Waals surface area contributed by atoms with Crippen LogP contribution in [0.5, 0.6) is 5.75 Å². The third kappa shape index (κ3) is 3.96. The smallest absolute Gasteiger partial charge is 0.219 e. The summed E-state index contributed by atoms with van der Waals surface area (Å²) in [5.74, 6) is 0.996. The van der Waals surface area contributed by atoms with Crippen LogP contribution in [0.4, 0.5) is 5.13 Å². The number of carbonyl (C=O) groups is 1. The molecule has 1 fully saturated rings. The number of aromatic nitrogens is 1. The first-order chi connectivity index (χ1) is 11.7. The van der Waals surface area contributed by atoms with Gasteiger partial charge in [-0.3, -0.25) is 9.69 Å². The number of thiazole rings is 1. The Hall–Kier alpha value is -1.86. The maximum atomic E-state index is 11.3. The minimum atomic E-state index is 0.124. The first-order valence-electron chi connectivity index (χ1n) is 8.38. The highest BCUT2D eigenvalue weighted by molar-refractivity contribution is 7.22. The number of hydrogen-bond donors (Lipinski definition) is 1. The normalized spacial score (nSPS) is 15.7. The van der Waals surface area contributed by atoms with E-state index in [0.717, 1.165) is 60.4 Å². The van der Waals surface area contributed by atoms with Gasteiger partial charge in [0.15, 0.2) is 5.13 Å². The fourth-order valence-corrected chi connectivity index (χ4v) is 3.84. The number of piperazine rings is 1. The van der Waals surface area contributed by atoms with Crippen LogP contribution < -0.4 is 15.0 Å². The number of nitrogens with one attached hydrogen (secondary N) is 1. The third-order valence-electron chi connectivity index (χ3n) is 4.30. The molecule has 1 aromatic heterocycles. The lowest BCUT2D eigenvalue weighted by atomic mass is 10.3. The molecule has 1 N–H and O–H groups in total. The number of amides is 1. The number of methoxy groups -OCH3 is 1. The first-order valence-corrected chi connectivity index (χ1v) is 9.20. The minimum Gasteiger partial charge on any atom is -0.497 e.